The Balaban J connectivity index is -0.0000000186. The molecule has 12 N–H and O–H groups in total. The summed E-state index contributed by atoms with van der Waals surface area (Å²) >= 11 is 0. The molecule has 0 aliphatic rings. The zero-order valence-electron chi connectivity index (χ0n) is 14.0. The van der Waals surface area contributed by atoms with Crippen LogP contribution in [0.5, 0.6) is 0 Å². The number of aliphatic hydroxyl groups is 12. The van der Waals surface area contributed by atoms with Crippen LogP contribution in [-0.2, 0) is 0 Å². The van der Waals surface area contributed by atoms with Gasteiger partial charge in [-0.15, -0.1) is 0 Å². The van der Waals surface area contributed by atoms with Gasteiger partial charge >= 0.3 is 0 Å². The smallest absolute Gasteiger partial charge is 0.263 e. The van der Waals surface area contributed by atoms with E-state index >= 15 is 0 Å². The molecule has 0 heterocycles. The summed E-state index contributed by atoms with van der Waals surface area (Å²) in [6, 6.07) is 0. The largest absolute Gasteiger partial charge is 0.394 e. The Morgan fingerprint density at radius 3 is 0.440 bits per heavy atom. The van der Waals surface area contributed by atoms with Gasteiger partial charge in [-0.25, -0.2) is 0 Å². The van der Waals surface area contributed by atoms with Gasteiger partial charge in [-0.1, -0.05) is 0 Å². The second-order valence-electron chi connectivity index (χ2n) is 2.73. The molecule has 0 radical (unpaired) electrons. The van der Waals surface area contributed by atoms with E-state index < -0.39 is 25.2 Å². The molecule has 0 saturated carbocycles. The molecule has 0 unspecified atom stereocenters. The number of hydrogen-bond acceptors (Lipinski definition) is 12. The molecule has 12 nitrogen and oxygen atoms in total. The SMILES string of the molecule is OC(O)O.OC(O)O.OCC(O)CO.OCC(O)CO.[Rf].[Rf].[Rf].[Rf].[Rf]. The molecule has 0 amide bonds. The molecular formula is C8H24O12Rf5. The summed E-state index contributed by atoms with van der Waals surface area (Å²) < 4.78 is 0. The predicted octanol–water partition coefficient (Wildman–Crippen LogP) is -6.84. The van der Waals surface area contributed by atoms with Crippen LogP contribution in [0.15, 0.2) is 0 Å². The summed E-state index contributed by atoms with van der Waals surface area (Å²) in [5.41, 5.74) is 0. The van der Waals surface area contributed by atoms with Crippen LogP contribution in [0.4, 0.5) is 0 Å². The third-order valence-electron chi connectivity index (χ3n) is 0.843. The molecule has 0 bridgehead atoms. The predicted molar refractivity (Wildman–Crippen MR) is 61.2 cm³/mol. The van der Waals surface area contributed by atoms with E-state index in [9.17, 15) is 0 Å². The molecule has 25 heavy (non-hydrogen) atoms. The maximum atomic E-state index is 8.17. The maximum Gasteiger partial charge on any atom is 0.263 e. The molecule has 0 aliphatic carbocycles. The van der Waals surface area contributed by atoms with Gasteiger partial charge in [0.1, 0.15) is 12.2 Å². The average Bonchev–Trinajstić information content (AvgIpc) is 2.36. The molecule has 0 aromatic heterocycles. The average molecular weight is 1650 g/mol. The van der Waals surface area contributed by atoms with Crippen LogP contribution in [0, 0.1) is 0 Å². The zero-order valence-corrected chi connectivity index (χ0v) is 46.0. The first-order valence-corrected chi connectivity index (χ1v) is 4.96. The Hall–Kier alpha value is -5.48. The van der Waals surface area contributed by atoms with Crippen molar-refractivity contribution in [3.63, 3.8) is 0 Å². The molecule has 0 saturated heterocycles. The van der Waals surface area contributed by atoms with Crippen molar-refractivity contribution in [2.45, 2.75) is 25.2 Å². The van der Waals surface area contributed by atoms with E-state index in [4.69, 9.17) is 61.3 Å². The summed E-state index contributed by atoms with van der Waals surface area (Å²) in [6.07, 6.45) is -1.91. The minimum absolute atomic E-state index is 0. The first-order chi connectivity index (χ1) is 9.08. The van der Waals surface area contributed by atoms with Gasteiger partial charge in [0.15, 0.2) is 0 Å². The van der Waals surface area contributed by atoms with Crippen LogP contribution < -0.4 is 0 Å². The maximum absolute atomic E-state index is 8.17. The Kier molecular flexibility index (Phi) is 124. The minimum Gasteiger partial charge on any atom is -0.394 e. The Morgan fingerprint density at radius 1 is 0.360 bits per heavy atom. The van der Waals surface area contributed by atoms with Crippen molar-refractivity contribution in [1.82, 2.24) is 0 Å². The first kappa shape index (κ1) is 60.5. The molecule has 0 aromatic rings. The number of hydrogen-bond donors (Lipinski definition) is 12. The van der Waals surface area contributed by atoms with Crippen molar-refractivity contribution in [3.8, 4) is 0 Å². The molecule has 0 spiro atoms. The standard InChI is InChI=1S/2C3H8O3.2CH4O3.5Rf/c2*4-1-3(6)2-5;2*2-1(3)4;;;;;/h2*3-6H,1-2H2;2*1-4H;;;;;. The third-order valence-corrected chi connectivity index (χ3v) is 0.843. The van der Waals surface area contributed by atoms with Gasteiger partial charge in [-0.3, -0.25) is 0 Å². The molecule has 0 atom stereocenters. The molecular weight excluding hydrogens is 1620 g/mol. The quantitative estimate of drug-likeness (QED) is 0.118. The van der Waals surface area contributed by atoms with Crippen molar-refractivity contribution in [2.24, 2.45) is 0 Å². The van der Waals surface area contributed by atoms with Gasteiger partial charge < -0.3 is 61.3 Å². The van der Waals surface area contributed by atoms with Crippen LogP contribution in [0.2, 0.25) is 0 Å². The summed E-state index contributed by atoms with van der Waals surface area (Å²) in [7, 11) is 0. The van der Waals surface area contributed by atoms with Gasteiger partial charge in [0.2, 0.25) is 0 Å². The van der Waals surface area contributed by atoms with Crippen LogP contribution in [0.1, 0.15) is 0 Å². The van der Waals surface area contributed by atoms with E-state index in [0.29, 0.717) is 0 Å². The van der Waals surface area contributed by atoms with Crippen molar-refractivity contribution in [1.29, 1.82) is 0 Å². The van der Waals surface area contributed by atoms with E-state index in [1.54, 1.807) is 0 Å². The fourth-order valence-corrected chi connectivity index (χ4v) is 0.115. The summed E-state index contributed by atoms with van der Waals surface area (Å²) in [4.78, 5) is 0. The molecule has 138 valence electrons. The molecule has 17 heteroatoms. The Labute approximate surface area is 114 Å². The summed E-state index contributed by atoms with van der Waals surface area (Å²) in [5.74, 6) is 0. The third kappa shape index (κ3) is 796. The topological polar surface area (TPSA) is 243 Å². The van der Waals surface area contributed by atoms with Crippen molar-refractivity contribution < 1.29 is 61.3 Å². The van der Waals surface area contributed by atoms with Gasteiger partial charge in [-0.05, 0) is 0 Å². The second kappa shape index (κ2) is 51.4. The van der Waals surface area contributed by atoms with Gasteiger partial charge in [-0.2, -0.15) is 0 Å². The van der Waals surface area contributed by atoms with Gasteiger partial charge in [0.25, 0.3) is 13.0 Å². The van der Waals surface area contributed by atoms with Crippen LogP contribution >= 0.6 is 0 Å². The van der Waals surface area contributed by atoms with Crippen molar-refractivity contribution in [2.75, 3.05) is 26.4 Å². The molecule has 0 aromatic carbocycles. The Morgan fingerprint density at radius 2 is 0.440 bits per heavy atom. The van der Waals surface area contributed by atoms with E-state index in [1.165, 1.54) is 0 Å². The van der Waals surface area contributed by atoms with E-state index in [1.807, 2.05) is 0 Å². The summed E-state index contributed by atoms with van der Waals surface area (Å²) in [6.45, 7) is -5.79. The molecule has 0 rings (SSSR count). The second-order valence-corrected chi connectivity index (χ2v) is 2.73. The zero-order chi connectivity index (χ0) is 17.1. The van der Waals surface area contributed by atoms with Crippen molar-refractivity contribution in [3.05, 3.63) is 0 Å². The van der Waals surface area contributed by atoms with Crippen LogP contribution in [0.3, 0.4) is 0 Å². The normalized spacial score (nSPS) is 7.68. The Bertz CT molecular complexity index is 132. The fraction of sp³-hybridized carbons (Fsp3) is 1.00. The van der Waals surface area contributed by atoms with E-state index in [2.05, 4.69) is 0 Å². The molecule has 0 fully saturated rings. The minimum atomic E-state index is -2.17. The number of aliphatic hydroxyl groups excluding tert-OH is 8. The van der Waals surface area contributed by atoms with Crippen molar-refractivity contribution >= 4 is 0 Å². The summed E-state index contributed by atoms with van der Waals surface area (Å²) in [5, 5.41) is 91.0. The van der Waals surface area contributed by atoms with E-state index in [0.717, 1.165) is 0 Å². The number of rotatable bonds is 4. The van der Waals surface area contributed by atoms with Crippen LogP contribution in [0.25, 0.3) is 0 Å². The van der Waals surface area contributed by atoms with Gasteiger partial charge in [0, 0.05) is 0 Å². The molecule has 0 aliphatic heterocycles. The van der Waals surface area contributed by atoms with E-state index in [-0.39, 0.29) is 26.4 Å². The fourth-order valence-electron chi connectivity index (χ4n) is 0.115. The monoisotopic (exact) mass is 1650 g/mol. The van der Waals surface area contributed by atoms with Crippen LogP contribution in [-0.4, -0.2) is 113 Å². The van der Waals surface area contributed by atoms with Gasteiger partial charge in [0.05, 0.1) is 26.4 Å². The first-order valence-electron chi connectivity index (χ1n) is 4.96.